The van der Waals surface area contributed by atoms with Crippen molar-refractivity contribution < 1.29 is 23.5 Å². The summed E-state index contributed by atoms with van der Waals surface area (Å²) in [5.41, 5.74) is 5.73. The van der Waals surface area contributed by atoms with Gasteiger partial charge >= 0.3 is 0 Å². The number of hydrogen-bond acceptors (Lipinski definition) is 7. The molecule has 0 fully saturated rings. The van der Waals surface area contributed by atoms with Crippen LogP contribution in [-0.2, 0) is 15.0 Å². The molecule has 34 heavy (non-hydrogen) atoms. The molecule has 1 aromatic rings. The first kappa shape index (κ1) is 27.2. The summed E-state index contributed by atoms with van der Waals surface area (Å²) < 4.78 is 29.3. The van der Waals surface area contributed by atoms with E-state index in [1.54, 1.807) is 12.9 Å². The second-order valence-corrected chi connectivity index (χ2v) is 8.54. The second-order valence-electron chi connectivity index (χ2n) is 8.54. The minimum Gasteiger partial charge on any atom is -0.395 e. The van der Waals surface area contributed by atoms with Gasteiger partial charge in [0.05, 0.1) is 24.1 Å². The lowest BCUT2D eigenvalue weighted by Crippen LogP contribution is -2.37. The van der Waals surface area contributed by atoms with E-state index in [0.717, 1.165) is 31.3 Å². The molecule has 8 nitrogen and oxygen atoms in total. The van der Waals surface area contributed by atoms with E-state index in [0.29, 0.717) is 30.7 Å². The van der Waals surface area contributed by atoms with Gasteiger partial charge in [-0.15, -0.1) is 0 Å². The number of rotatable bonds is 12. The van der Waals surface area contributed by atoms with Crippen LogP contribution in [0.15, 0.2) is 34.7 Å². The van der Waals surface area contributed by atoms with E-state index in [1.807, 2.05) is 11.9 Å². The molecule has 2 rings (SSSR count). The first-order valence-electron chi connectivity index (χ1n) is 11.2. The highest BCUT2D eigenvalue weighted by Crippen LogP contribution is 2.40. The lowest BCUT2D eigenvalue weighted by atomic mass is 9.75. The van der Waals surface area contributed by atoms with Gasteiger partial charge in [-0.1, -0.05) is 6.92 Å². The number of aliphatic imine (C=N–C) groups is 1. The van der Waals surface area contributed by atoms with E-state index >= 15 is 4.39 Å². The molecule has 0 radical (unpaired) electrons. The lowest BCUT2D eigenvalue weighted by molar-refractivity contribution is -0.118. The molecule has 0 saturated heterocycles. The quantitative estimate of drug-likeness (QED) is 0.313. The minimum atomic E-state index is -0.906. The molecule has 1 aliphatic rings. The Morgan fingerprint density at radius 3 is 2.79 bits per heavy atom. The highest BCUT2D eigenvalue weighted by Gasteiger charge is 2.34. The van der Waals surface area contributed by atoms with Crippen LogP contribution < -0.4 is 16.0 Å². The standard InChI is InChI=1S/C24H33F2N5O3/c1-24(6-8-27,7-9-29-23(34)18-5-4-10-30(3)22(18)28-2)21-19(26)15-17(25)16-20(21)31(11-13-32)12-14-33/h11,15-16,33H,2,4-10,12,14,27H2,1,3H3,(H,29,34). The Labute approximate surface area is 198 Å². The predicted octanol–water partition coefficient (Wildman–Crippen LogP) is 1.86. The molecule has 1 atom stereocenters. The van der Waals surface area contributed by atoms with Crippen LogP contribution in [0.2, 0.25) is 0 Å². The van der Waals surface area contributed by atoms with Gasteiger partial charge in [-0.05, 0) is 45.0 Å². The molecule has 10 heteroatoms. The number of aliphatic hydroxyl groups is 1. The third-order valence-corrected chi connectivity index (χ3v) is 6.13. The van der Waals surface area contributed by atoms with E-state index in [-0.39, 0.29) is 43.4 Å². The van der Waals surface area contributed by atoms with Gasteiger partial charge in [0.15, 0.2) is 0 Å². The number of nitrogens with two attached hydrogens (primary N) is 1. The fourth-order valence-electron chi connectivity index (χ4n) is 4.43. The zero-order valence-electron chi connectivity index (χ0n) is 19.7. The number of hydrogen-bond donors (Lipinski definition) is 3. The van der Waals surface area contributed by atoms with Crippen LogP contribution in [0.4, 0.5) is 14.5 Å². The zero-order valence-corrected chi connectivity index (χ0v) is 19.7. The molecule has 0 aromatic heterocycles. The number of carbonyl (C=O) groups excluding carboxylic acids is 2. The summed E-state index contributed by atoms with van der Waals surface area (Å²) in [6, 6.07) is 1.89. The van der Waals surface area contributed by atoms with Crippen molar-refractivity contribution in [3.8, 4) is 0 Å². The van der Waals surface area contributed by atoms with Gasteiger partial charge in [0.2, 0.25) is 0 Å². The van der Waals surface area contributed by atoms with Gasteiger partial charge in [0, 0.05) is 43.7 Å². The summed E-state index contributed by atoms with van der Waals surface area (Å²) in [5.74, 6) is 0.255. The van der Waals surface area contributed by atoms with Crippen molar-refractivity contribution in [3.63, 3.8) is 0 Å². The number of halogens is 2. The Bertz CT molecular complexity index is 978. The number of carbonyl (C=O) groups is 1. The number of aliphatic hydroxyl groups excluding tert-OH is 1. The van der Waals surface area contributed by atoms with Gasteiger partial charge in [-0.25, -0.2) is 18.6 Å². The first-order valence-corrected chi connectivity index (χ1v) is 11.2. The molecule has 0 aliphatic carbocycles. The van der Waals surface area contributed by atoms with E-state index < -0.39 is 17.0 Å². The minimum absolute atomic E-state index is 0.0560. The smallest absolute Gasteiger partial charge is 0.250 e. The molecule has 1 amide bonds. The molecule has 0 saturated carbocycles. The van der Waals surface area contributed by atoms with E-state index in [2.05, 4.69) is 17.0 Å². The molecule has 1 aliphatic heterocycles. The summed E-state index contributed by atoms with van der Waals surface area (Å²) in [7, 11) is 1.85. The summed E-state index contributed by atoms with van der Waals surface area (Å²) in [4.78, 5) is 31.0. The molecular weight excluding hydrogens is 444 g/mol. The van der Waals surface area contributed by atoms with Gasteiger partial charge in [-0.2, -0.15) is 0 Å². The topological polar surface area (TPSA) is 111 Å². The van der Waals surface area contributed by atoms with Gasteiger partial charge in [0.25, 0.3) is 5.91 Å². The van der Waals surface area contributed by atoms with Gasteiger partial charge in [0.1, 0.15) is 23.4 Å². The summed E-state index contributed by atoms with van der Waals surface area (Å²) in [6.07, 6.45) is 3.02. The highest BCUT2D eigenvalue weighted by molar-refractivity contribution is 5.94. The van der Waals surface area contributed by atoms with Crippen molar-refractivity contribution in [1.29, 1.82) is 0 Å². The maximum atomic E-state index is 15.2. The fourth-order valence-corrected chi connectivity index (χ4v) is 4.43. The molecule has 1 heterocycles. The number of nitrogens with one attached hydrogen (secondary N) is 1. The maximum absolute atomic E-state index is 15.2. The number of benzene rings is 1. The van der Waals surface area contributed by atoms with Crippen LogP contribution in [0, 0.1) is 11.6 Å². The average molecular weight is 478 g/mol. The second kappa shape index (κ2) is 12.4. The first-order chi connectivity index (χ1) is 16.2. The molecule has 4 N–H and O–H groups in total. The number of nitrogens with zero attached hydrogens (tertiary/aromatic N) is 3. The van der Waals surface area contributed by atoms with Crippen molar-refractivity contribution in [3.05, 3.63) is 46.9 Å². The third-order valence-electron chi connectivity index (χ3n) is 6.13. The van der Waals surface area contributed by atoms with E-state index in [1.165, 1.54) is 4.90 Å². The van der Waals surface area contributed by atoms with Gasteiger partial charge in [-0.3, -0.25) is 4.79 Å². The van der Waals surface area contributed by atoms with Crippen LogP contribution in [-0.4, -0.2) is 68.4 Å². The Kier molecular flexibility index (Phi) is 9.92. The molecular formula is C24H33F2N5O3. The van der Waals surface area contributed by atoms with Crippen LogP contribution in [0.5, 0.6) is 0 Å². The molecule has 1 aromatic carbocycles. The van der Waals surface area contributed by atoms with Crippen molar-refractivity contribution in [2.75, 3.05) is 44.7 Å². The summed E-state index contributed by atoms with van der Waals surface area (Å²) >= 11 is 0. The molecule has 186 valence electrons. The largest absolute Gasteiger partial charge is 0.395 e. The maximum Gasteiger partial charge on any atom is 0.250 e. The average Bonchev–Trinajstić information content (AvgIpc) is 2.78. The van der Waals surface area contributed by atoms with Crippen LogP contribution in [0.3, 0.4) is 0 Å². The molecule has 0 spiro atoms. The molecule has 1 unspecified atom stereocenters. The SMILES string of the molecule is C=NC1=C(C(=O)NCCC(C)(CCN)c2c(F)cc(F)cc2N(C=C=O)CCO)CCCN1C. The van der Waals surface area contributed by atoms with E-state index in [4.69, 9.17) is 5.73 Å². The van der Waals surface area contributed by atoms with Crippen molar-refractivity contribution in [2.45, 2.75) is 38.0 Å². The Hall–Kier alpha value is -3.07. The third kappa shape index (κ3) is 6.28. The summed E-state index contributed by atoms with van der Waals surface area (Å²) in [6.45, 7) is 6.13. The number of amides is 1. The zero-order chi connectivity index (χ0) is 25.3. The van der Waals surface area contributed by atoms with Gasteiger partial charge < -0.3 is 26.0 Å². The monoisotopic (exact) mass is 477 g/mol. The predicted molar refractivity (Wildman–Crippen MR) is 128 cm³/mol. The number of anilines is 1. The normalized spacial score (nSPS) is 15.4. The molecule has 0 bridgehead atoms. The van der Waals surface area contributed by atoms with Crippen LogP contribution in [0.1, 0.15) is 38.2 Å². The van der Waals surface area contributed by atoms with Crippen molar-refractivity contribution in [2.24, 2.45) is 10.7 Å². The summed E-state index contributed by atoms with van der Waals surface area (Å²) in [5, 5.41) is 12.3. The Morgan fingerprint density at radius 1 is 1.44 bits per heavy atom. The fraction of sp³-hybridized carbons (Fsp3) is 0.500. The van der Waals surface area contributed by atoms with Crippen LogP contribution >= 0.6 is 0 Å². The Morgan fingerprint density at radius 2 is 2.18 bits per heavy atom. The highest BCUT2D eigenvalue weighted by atomic mass is 19.1. The Balaban J connectivity index is 2.37. The van der Waals surface area contributed by atoms with E-state index in [9.17, 15) is 19.1 Å². The lowest BCUT2D eigenvalue weighted by Gasteiger charge is -2.35. The van der Waals surface area contributed by atoms with Crippen molar-refractivity contribution >= 4 is 24.3 Å². The van der Waals surface area contributed by atoms with Crippen molar-refractivity contribution in [1.82, 2.24) is 10.2 Å². The van der Waals surface area contributed by atoms with Crippen LogP contribution in [0.25, 0.3) is 0 Å².